The molecule has 2 amide bonds. The van der Waals surface area contributed by atoms with E-state index in [1.807, 2.05) is 25.1 Å². The molecule has 136 valence electrons. The van der Waals surface area contributed by atoms with Gasteiger partial charge in [-0.15, -0.1) is 0 Å². The molecule has 0 bridgehead atoms. The predicted molar refractivity (Wildman–Crippen MR) is 104 cm³/mol. The van der Waals surface area contributed by atoms with Crippen molar-refractivity contribution < 1.29 is 9.59 Å². The summed E-state index contributed by atoms with van der Waals surface area (Å²) >= 11 is 0. The van der Waals surface area contributed by atoms with Crippen molar-refractivity contribution in [2.24, 2.45) is 0 Å². The summed E-state index contributed by atoms with van der Waals surface area (Å²) in [6.45, 7) is 14.8. The molecule has 3 rings (SSSR count). The van der Waals surface area contributed by atoms with Crippen LogP contribution in [0, 0.1) is 6.92 Å². The van der Waals surface area contributed by atoms with Gasteiger partial charge in [-0.25, -0.2) is 0 Å². The van der Waals surface area contributed by atoms with Gasteiger partial charge in [-0.2, -0.15) is 0 Å². The lowest BCUT2D eigenvalue weighted by Gasteiger charge is -2.33. The molecule has 0 unspecified atom stereocenters. The minimum atomic E-state index is -0.339. The summed E-state index contributed by atoms with van der Waals surface area (Å²) in [5, 5.41) is 2.46. The van der Waals surface area contributed by atoms with Crippen molar-refractivity contribution in [1.29, 1.82) is 0 Å². The van der Waals surface area contributed by atoms with E-state index in [9.17, 15) is 9.59 Å². The summed E-state index contributed by atoms with van der Waals surface area (Å²) in [4.78, 5) is 29.6. The zero-order valence-electron chi connectivity index (χ0n) is 16.6. The van der Waals surface area contributed by atoms with Crippen LogP contribution in [-0.4, -0.2) is 16.8 Å². The number of carbonyl (C=O) groups is 2. The lowest BCUT2D eigenvalue weighted by Crippen LogP contribution is -2.25. The Balaban J connectivity index is 2.55. The Kier molecular flexibility index (Phi) is 4.06. The maximum Gasteiger partial charge on any atom is 0.259 e. The Morgan fingerprint density at radius 1 is 0.885 bits per heavy atom. The average molecular weight is 350 g/mol. The van der Waals surface area contributed by atoms with Gasteiger partial charge in [0.25, 0.3) is 11.8 Å². The maximum absolute atomic E-state index is 12.6. The molecule has 1 aromatic carbocycles. The van der Waals surface area contributed by atoms with E-state index in [0.29, 0.717) is 11.1 Å². The van der Waals surface area contributed by atoms with Crippen LogP contribution < -0.4 is 5.32 Å². The first-order valence-electron chi connectivity index (χ1n) is 8.92. The number of amides is 2. The number of fused-ring (bicyclic) bond motifs is 1. The summed E-state index contributed by atoms with van der Waals surface area (Å²) in [6, 6.07) is 5.81. The van der Waals surface area contributed by atoms with Crippen molar-refractivity contribution in [3.63, 3.8) is 0 Å². The molecule has 0 saturated carbocycles. The van der Waals surface area contributed by atoms with E-state index in [2.05, 4.69) is 51.8 Å². The first-order valence-corrected chi connectivity index (χ1v) is 8.92. The van der Waals surface area contributed by atoms with Gasteiger partial charge in [0.2, 0.25) is 0 Å². The Bertz CT molecular complexity index is 928. The zero-order chi connectivity index (χ0) is 19.4. The number of carbonyl (C=O) groups excluding carboxylic acids is 2. The molecule has 1 aliphatic rings. The van der Waals surface area contributed by atoms with Crippen LogP contribution in [0.1, 0.15) is 78.9 Å². The molecule has 0 aliphatic carbocycles. The molecule has 0 spiro atoms. The highest BCUT2D eigenvalue weighted by molar-refractivity contribution is 6.24. The summed E-state index contributed by atoms with van der Waals surface area (Å²) in [5.74, 6) is -0.667. The first kappa shape index (κ1) is 18.3. The van der Waals surface area contributed by atoms with Crippen LogP contribution in [0.5, 0.6) is 0 Å². The largest absolute Gasteiger partial charge is 0.288 e. The molecule has 1 aromatic heterocycles. The third-order valence-corrected chi connectivity index (χ3v) is 4.76. The van der Waals surface area contributed by atoms with E-state index in [-0.39, 0.29) is 22.6 Å². The van der Waals surface area contributed by atoms with Crippen molar-refractivity contribution in [3.05, 3.63) is 52.2 Å². The maximum atomic E-state index is 12.6. The minimum Gasteiger partial charge on any atom is -0.288 e. The molecular weight excluding hydrogens is 324 g/mol. The molecule has 0 radical (unpaired) electrons. The summed E-state index contributed by atoms with van der Waals surface area (Å²) < 4.78 is 0. The number of hydrogen-bond donors (Lipinski definition) is 1. The van der Waals surface area contributed by atoms with Gasteiger partial charge in [0.05, 0.1) is 16.8 Å². The van der Waals surface area contributed by atoms with Crippen LogP contribution in [0.2, 0.25) is 0 Å². The Hall–Kier alpha value is -2.49. The Labute approximate surface area is 155 Å². The number of benzene rings is 1. The van der Waals surface area contributed by atoms with Crippen molar-refractivity contribution in [1.82, 2.24) is 10.3 Å². The predicted octanol–water partition coefficient (Wildman–Crippen LogP) is 4.54. The number of aryl methyl sites for hydroxylation is 1. The standard InChI is InChI=1S/C22H26N2O2/c1-12-8-9-23-15(10-12)17-16-13(19(25)24-20(16)26)11-14(21(2,3)4)18(17)22(5,6)7/h8-11H,1-7H3,(H,24,25,26). The smallest absolute Gasteiger partial charge is 0.259 e. The number of nitrogens with one attached hydrogen (secondary N) is 1. The van der Waals surface area contributed by atoms with Crippen LogP contribution in [-0.2, 0) is 10.8 Å². The van der Waals surface area contributed by atoms with Crippen LogP contribution in [0.15, 0.2) is 24.4 Å². The molecule has 26 heavy (non-hydrogen) atoms. The van der Waals surface area contributed by atoms with Gasteiger partial charge in [-0.3, -0.25) is 19.9 Å². The van der Waals surface area contributed by atoms with E-state index in [1.54, 1.807) is 6.20 Å². The normalized spacial score (nSPS) is 14.4. The van der Waals surface area contributed by atoms with Crippen molar-refractivity contribution in [2.45, 2.75) is 59.3 Å². The number of pyridine rings is 1. The molecule has 4 nitrogen and oxygen atoms in total. The van der Waals surface area contributed by atoms with Crippen LogP contribution >= 0.6 is 0 Å². The van der Waals surface area contributed by atoms with Gasteiger partial charge in [-0.1, -0.05) is 41.5 Å². The lowest BCUT2D eigenvalue weighted by atomic mass is 9.70. The fourth-order valence-electron chi connectivity index (χ4n) is 3.63. The van der Waals surface area contributed by atoms with Gasteiger partial charge >= 0.3 is 0 Å². The second-order valence-electron chi connectivity index (χ2n) is 9.10. The highest BCUT2D eigenvalue weighted by atomic mass is 16.2. The molecule has 2 heterocycles. The topological polar surface area (TPSA) is 59.1 Å². The fourth-order valence-corrected chi connectivity index (χ4v) is 3.63. The van der Waals surface area contributed by atoms with E-state index >= 15 is 0 Å². The second kappa shape index (κ2) is 5.76. The van der Waals surface area contributed by atoms with E-state index in [0.717, 1.165) is 27.9 Å². The quantitative estimate of drug-likeness (QED) is 0.768. The van der Waals surface area contributed by atoms with Crippen LogP contribution in [0.4, 0.5) is 0 Å². The minimum absolute atomic E-state index is 0.178. The van der Waals surface area contributed by atoms with Crippen LogP contribution in [0.3, 0.4) is 0 Å². The van der Waals surface area contributed by atoms with E-state index in [1.165, 1.54) is 0 Å². The molecule has 4 heteroatoms. The van der Waals surface area contributed by atoms with Gasteiger partial charge in [0.15, 0.2) is 0 Å². The molecule has 1 aliphatic heterocycles. The zero-order valence-corrected chi connectivity index (χ0v) is 16.6. The van der Waals surface area contributed by atoms with Crippen LogP contribution in [0.25, 0.3) is 11.3 Å². The fraction of sp³-hybridized carbons (Fsp3) is 0.409. The third kappa shape index (κ3) is 2.94. The number of rotatable bonds is 1. The molecule has 1 N–H and O–H groups in total. The van der Waals surface area contributed by atoms with Gasteiger partial charge in [0, 0.05) is 11.8 Å². The van der Waals surface area contributed by atoms with Gasteiger partial charge in [-0.05, 0) is 52.6 Å². The summed E-state index contributed by atoms with van der Waals surface area (Å²) in [5.41, 5.74) is 5.24. The Morgan fingerprint density at radius 3 is 2.08 bits per heavy atom. The number of aromatic nitrogens is 1. The SMILES string of the molecule is Cc1ccnc(-c2c3c(cc(C(C)(C)C)c2C(C)(C)C)C(=O)NC3=O)c1. The van der Waals surface area contributed by atoms with Gasteiger partial charge in [0.1, 0.15) is 0 Å². The third-order valence-electron chi connectivity index (χ3n) is 4.76. The van der Waals surface area contributed by atoms with E-state index < -0.39 is 0 Å². The highest BCUT2D eigenvalue weighted by Gasteiger charge is 2.38. The average Bonchev–Trinajstić information content (AvgIpc) is 2.78. The number of imide groups is 1. The second-order valence-corrected chi connectivity index (χ2v) is 9.10. The highest BCUT2D eigenvalue weighted by Crippen LogP contribution is 2.44. The molecule has 0 atom stereocenters. The molecule has 0 fully saturated rings. The van der Waals surface area contributed by atoms with Crippen molar-refractivity contribution in [2.75, 3.05) is 0 Å². The number of hydrogen-bond acceptors (Lipinski definition) is 3. The van der Waals surface area contributed by atoms with Crippen molar-refractivity contribution in [3.8, 4) is 11.3 Å². The lowest BCUT2D eigenvalue weighted by molar-refractivity contribution is 0.0880. The number of nitrogens with zero attached hydrogens (tertiary/aromatic N) is 1. The first-order chi connectivity index (χ1) is 11.9. The summed E-state index contributed by atoms with van der Waals surface area (Å²) in [7, 11) is 0. The Morgan fingerprint density at radius 2 is 1.54 bits per heavy atom. The molecule has 2 aromatic rings. The monoisotopic (exact) mass is 350 g/mol. The summed E-state index contributed by atoms with van der Waals surface area (Å²) in [6.07, 6.45) is 1.75. The van der Waals surface area contributed by atoms with Gasteiger partial charge < -0.3 is 0 Å². The molecular formula is C22H26N2O2. The van der Waals surface area contributed by atoms with E-state index in [4.69, 9.17) is 0 Å². The molecule has 0 saturated heterocycles. The van der Waals surface area contributed by atoms with Crippen molar-refractivity contribution >= 4 is 11.8 Å².